The second-order valence-corrected chi connectivity index (χ2v) is 5.92. The molecule has 1 saturated heterocycles. The maximum Gasteiger partial charge on any atom is 0.311 e. The monoisotopic (exact) mass is 350 g/mol. The number of ether oxygens (including phenoxy) is 2. The zero-order valence-corrected chi connectivity index (χ0v) is 14.4. The van der Waals surface area contributed by atoms with Crippen LogP contribution in [-0.4, -0.2) is 48.0 Å². The molecular weight excluding hydrogens is 328 g/mol. The van der Waals surface area contributed by atoms with Crippen LogP contribution in [0.4, 0.5) is 5.69 Å². The van der Waals surface area contributed by atoms with Crippen LogP contribution in [0.25, 0.3) is 0 Å². The molecule has 0 N–H and O–H groups in total. The molecule has 8 nitrogen and oxygen atoms in total. The maximum atomic E-state index is 12.2. The van der Waals surface area contributed by atoms with Gasteiger partial charge < -0.3 is 14.4 Å². The number of nitro groups is 1. The summed E-state index contributed by atoms with van der Waals surface area (Å²) in [4.78, 5) is 36.1. The highest BCUT2D eigenvalue weighted by molar-refractivity contribution is 5.79. The van der Waals surface area contributed by atoms with Gasteiger partial charge in [0, 0.05) is 19.2 Å². The summed E-state index contributed by atoms with van der Waals surface area (Å²) in [5, 5.41) is 11.1. The maximum absolute atomic E-state index is 12.2. The number of hydrogen-bond acceptors (Lipinski definition) is 6. The number of likely N-dealkylation sites (tertiary alicyclic amines) is 1. The number of benzene rings is 1. The summed E-state index contributed by atoms with van der Waals surface area (Å²) < 4.78 is 10.4. The topological polar surface area (TPSA) is 99.0 Å². The second kappa shape index (κ2) is 8.46. The van der Waals surface area contributed by atoms with Crippen LogP contribution in [0.3, 0.4) is 0 Å². The highest BCUT2D eigenvalue weighted by Gasteiger charge is 2.28. The molecule has 25 heavy (non-hydrogen) atoms. The Morgan fingerprint density at radius 2 is 2.00 bits per heavy atom. The van der Waals surface area contributed by atoms with Crippen molar-refractivity contribution in [2.45, 2.75) is 26.7 Å². The van der Waals surface area contributed by atoms with Gasteiger partial charge in [-0.15, -0.1) is 0 Å². The van der Waals surface area contributed by atoms with Gasteiger partial charge in [-0.25, -0.2) is 0 Å². The van der Waals surface area contributed by atoms with Gasteiger partial charge in [0.25, 0.3) is 5.91 Å². The van der Waals surface area contributed by atoms with Gasteiger partial charge in [-0.3, -0.25) is 19.7 Å². The average molecular weight is 350 g/mol. The van der Waals surface area contributed by atoms with Gasteiger partial charge in [0.2, 0.25) is 0 Å². The number of amides is 1. The minimum atomic E-state index is -0.530. The minimum absolute atomic E-state index is 0.0744. The van der Waals surface area contributed by atoms with Crippen LogP contribution in [0.5, 0.6) is 5.75 Å². The van der Waals surface area contributed by atoms with Crippen LogP contribution in [0, 0.1) is 23.0 Å². The van der Waals surface area contributed by atoms with E-state index in [9.17, 15) is 19.7 Å². The van der Waals surface area contributed by atoms with Gasteiger partial charge in [-0.05, 0) is 38.3 Å². The number of rotatable bonds is 6. The Balaban J connectivity index is 1.88. The number of nitrogens with zero attached hydrogens (tertiary/aromatic N) is 2. The predicted molar refractivity (Wildman–Crippen MR) is 89.3 cm³/mol. The first-order valence-electron chi connectivity index (χ1n) is 8.24. The molecule has 2 rings (SSSR count). The van der Waals surface area contributed by atoms with Crippen molar-refractivity contribution in [1.29, 1.82) is 0 Å². The fraction of sp³-hybridized carbons (Fsp3) is 0.529. The lowest BCUT2D eigenvalue weighted by Gasteiger charge is -2.30. The molecule has 136 valence electrons. The molecule has 0 spiro atoms. The molecule has 1 amide bonds. The summed E-state index contributed by atoms with van der Waals surface area (Å²) in [5.74, 6) is -0.577. The molecule has 0 saturated carbocycles. The van der Waals surface area contributed by atoms with E-state index in [-0.39, 0.29) is 35.8 Å². The summed E-state index contributed by atoms with van der Waals surface area (Å²) in [6, 6.07) is 4.59. The van der Waals surface area contributed by atoms with E-state index in [0.717, 1.165) is 5.56 Å². The third-order valence-corrected chi connectivity index (χ3v) is 4.13. The van der Waals surface area contributed by atoms with Gasteiger partial charge in [0.15, 0.2) is 12.4 Å². The first kappa shape index (κ1) is 18.7. The molecular formula is C17H22N2O6. The Morgan fingerprint density at radius 1 is 1.32 bits per heavy atom. The van der Waals surface area contributed by atoms with Crippen molar-refractivity contribution in [1.82, 2.24) is 4.90 Å². The normalized spacial score (nSPS) is 14.9. The number of hydrogen-bond donors (Lipinski definition) is 0. The number of aryl methyl sites for hydroxylation is 1. The number of piperidine rings is 1. The molecule has 1 aliphatic heterocycles. The molecule has 0 bridgehead atoms. The zero-order chi connectivity index (χ0) is 18.4. The Kier molecular flexibility index (Phi) is 6.32. The Morgan fingerprint density at radius 3 is 2.60 bits per heavy atom. The van der Waals surface area contributed by atoms with Crippen molar-refractivity contribution in [3.05, 3.63) is 33.9 Å². The molecule has 1 heterocycles. The van der Waals surface area contributed by atoms with E-state index >= 15 is 0 Å². The first-order chi connectivity index (χ1) is 11.9. The van der Waals surface area contributed by atoms with Crippen LogP contribution in [0.2, 0.25) is 0 Å². The smallest absolute Gasteiger partial charge is 0.311 e. The van der Waals surface area contributed by atoms with Gasteiger partial charge in [-0.2, -0.15) is 0 Å². The third-order valence-electron chi connectivity index (χ3n) is 4.13. The molecule has 1 aliphatic rings. The largest absolute Gasteiger partial charge is 0.477 e. The van der Waals surface area contributed by atoms with E-state index in [4.69, 9.17) is 9.47 Å². The molecule has 0 aliphatic carbocycles. The van der Waals surface area contributed by atoms with E-state index in [0.29, 0.717) is 32.5 Å². The SMILES string of the molecule is CCOC(=O)C1CCN(C(=O)COc2ccc(C)cc2[N+](=O)[O-])CC1. The Labute approximate surface area is 145 Å². The molecule has 1 aromatic rings. The van der Waals surface area contributed by atoms with Crippen molar-refractivity contribution >= 4 is 17.6 Å². The van der Waals surface area contributed by atoms with Crippen molar-refractivity contribution in [3.8, 4) is 5.75 Å². The number of carbonyl (C=O) groups is 2. The molecule has 0 unspecified atom stereocenters. The standard InChI is InChI=1S/C17H22N2O6/c1-3-24-17(21)13-6-8-18(9-7-13)16(20)11-25-15-5-4-12(2)10-14(15)19(22)23/h4-5,10,13H,3,6-9,11H2,1-2H3. The Hall–Kier alpha value is -2.64. The van der Waals surface area contributed by atoms with Gasteiger partial charge in [0.05, 0.1) is 17.4 Å². The number of esters is 1. The lowest BCUT2D eigenvalue weighted by Crippen LogP contribution is -2.42. The summed E-state index contributed by atoms with van der Waals surface area (Å²) in [6.45, 7) is 4.48. The minimum Gasteiger partial charge on any atom is -0.477 e. The highest BCUT2D eigenvalue weighted by atomic mass is 16.6. The summed E-state index contributed by atoms with van der Waals surface area (Å²) in [5.41, 5.74) is 0.584. The zero-order valence-electron chi connectivity index (χ0n) is 14.4. The van der Waals surface area contributed by atoms with Crippen molar-refractivity contribution in [3.63, 3.8) is 0 Å². The van der Waals surface area contributed by atoms with Crippen LogP contribution >= 0.6 is 0 Å². The summed E-state index contributed by atoms with van der Waals surface area (Å²) in [7, 11) is 0. The van der Waals surface area contributed by atoms with Crippen LogP contribution < -0.4 is 4.74 Å². The molecule has 0 atom stereocenters. The number of carbonyl (C=O) groups excluding carboxylic acids is 2. The van der Waals surface area contributed by atoms with Gasteiger partial charge in [-0.1, -0.05) is 6.07 Å². The van der Waals surface area contributed by atoms with Crippen molar-refractivity contribution in [2.75, 3.05) is 26.3 Å². The van der Waals surface area contributed by atoms with E-state index < -0.39 is 4.92 Å². The van der Waals surface area contributed by atoms with Crippen LogP contribution in [0.1, 0.15) is 25.3 Å². The quantitative estimate of drug-likeness (QED) is 0.442. The fourth-order valence-electron chi connectivity index (χ4n) is 2.75. The van der Waals surface area contributed by atoms with E-state index in [1.165, 1.54) is 12.1 Å². The molecule has 0 aromatic heterocycles. The predicted octanol–water partition coefficient (Wildman–Crippen LogP) is 2.08. The lowest BCUT2D eigenvalue weighted by molar-refractivity contribution is -0.385. The fourth-order valence-corrected chi connectivity index (χ4v) is 2.75. The molecule has 1 fully saturated rings. The van der Waals surface area contributed by atoms with Crippen molar-refractivity contribution in [2.24, 2.45) is 5.92 Å². The van der Waals surface area contributed by atoms with E-state index in [1.807, 2.05) is 0 Å². The first-order valence-corrected chi connectivity index (χ1v) is 8.24. The van der Waals surface area contributed by atoms with Crippen LogP contribution in [-0.2, 0) is 14.3 Å². The Bertz CT molecular complexity index is 653. The summed E-state index contributed by atoms with van der Waals surface area (Å²) >= 11 is 0. The molecule has 8 heteroatoms. The average Bonchev–Trinajstić information content (AvgIpc) is 2.60. The summed E-state index contributed by atoms with van der Waals surface area (Å²) in [6.07, 6.45) is 1.10. The van der Waals surface area contributed by atoms with E-state index in [2.05, 4.69) is 0 Å². The van der Waals surface area contributed by atoms with E-state index in [1.54, 1.807) is 24.8 Å². The molecule has 1 aromatic carbocycles. The third kappa shape index (κ3) is 4.91. The van der Waals surface area contributed by atoms with Crippen LogP contribution in [0.15, 0.2) is 18.2 Å². The van der Waals surface area contributed by atoms with Gasteiger partial charge >= 0.3 is 11.7 Å². The number of nitro benzene ring substituents is 1. The lowest BCUT2D eigenvalue weighted by atomic mass is 9.97. The highest BCUT2D eigenvalue weighted by Crippen LogP contribution is 2.28. The van der Waals surface area contributed by atoms with Crippen molar-refractivity contribution < 1.29 is 24.0 Å². The van der Waals surface area contributed by atoms with Gasteiger partial charge in [0.1, 0.15) is 0 Å². The second-order valence-electron chi connectivity index (χ2n) is 5.92. The molecule has 0 radical (unpaired) electrons.